The maximum absolute atomic E-state index is 13.7. The molecule has 1 fully saturated rings. The van der Waals surface area contributed by atoms with E-state index in [1.165, 1.54) is 17.8 Å². The Kier molecular flexibility index (Phi) is 8.27. The minimum atomic E-state index is -0.555. The zero-order valence-corrected chi connectivity index (χ0v) is 17.6. The number of hydrogen-bond donors (Lipinski definition) is 2. The molecule has 1 aliphatic heterocycles. The Morgan fingerprint density at radius 3 is 2.67 bits per heavy atom. The Labute approximate surface area is 176 Å². The summed E-state index contributed by atoms with van der Waals surface area (Å²) in [5.74, 6) is -0.364. The fourth-order valence-corrected chi connectivity index (χ4v) is 3.18. The van der Waals surface area contributed by atoms with Crippen LogP contribution in [0.5, 0.6) is 0 Å². The highest BCUT2D eigenvalue weighted by Crippen LogP contribution is 2.19. The molecule has 0 spiro atoms. The van der Waals surface area contributed by atoms with E-state index in [1.54, 1.807) is 7.05 Å². The predicted molar refractivity (Wildman–Crippen MR) is 117 cm³/mol. The standard InChI is InChI=1S/C20H24F2N4.HI/c1-23-20(24-11-9-15-7-8-16(21)13-19(15)22)25-17-10-12-26(14-17)18-5-3-2-4-6-18;/h2-8,13,17H,9-12,14H2,1H3,(H2,23,24,25);1H. The number of hydrogen-bond acceptors (Lipinski definition) is 2. The molecule has 0 amide bonds. The Morgan fingerprint density at radius 1 is 1.19 bits per heavy atom. The molecule has 0 bridgehead atoms. The Morgan fingerprint density at radius 2 is 1.96 bits per heavy atom. The van der Waals surface area contributed by atoms with Gasteiger partial charge in [-0.3, -0.25) is 4.99 Å². The van der Waals surface area contributed by atoms with Crippen LogP contribution in [0, 0.1) is 11.6 Å². The lowest BCUT2D eigenvalue weighted by Gasteiger charge is -2.20. The molecule has 2 aromatic carbocycles. The molecule has 0 radical (unpaired) electrons. The topological polar surface area (TPSA) is 39.7 Å². The average molecular weight is 486 g/mol. The summed E-state index contributed by atoms with van der Waals surface area (Å²) in [7, 11) is 1.72. The lowest BCUT2D eigenvalue weighted by atomic mass is 10.1. The van der Waals surface area contributed by atoms with Crippen molar-refractivity contribution < 1.29 is 8.78 Å². The van der Waals surface area contributed by atoms with Gasteiger partial charge in [0.1, 0.15) is 11.6 Å². The van der Waals surface area contributed by atoms with Crippen LogP contribution in [-0.2, 0) is 6.42 Å². The van der Waals surface area contributed by atoms with Gasteiger partial charge in [0.05, 0.1) is 0 Å². The summed E-state index contributed by atoms with van der Waals surface area (Å²) < 4.78 is 26.6. The maximum Gasteiger partial charge on any atom is 0.191 e. The highest BCUT2D eigenvalue weighted by Gasteiger charge is 2.23. The van der Waals surface area contributed by atoms with E-state index in [9.17, 15) is 8.78 Å². The quantitative estimate of drug-likeness (QED) is 0.386. The van der Waals surface area contributed by atoms with E-state index in [0.29, 0.717) is 30.5 Å². The Balaban J connectivity index is 0.00000261. The summed E-state index contributed by atoms with van der Waals surface area (Å²) in [5, 5.41) is 6.62. The molecule has 4 nitrogen and oxygen atoms in total. The summed E-state index contributed by atoms with van der Waals surface area (Å²) in [6, 6.07) is 14.3. The monoisotopic (exact) mass is 486 g/mol. The molecule has 2 N–H and O–H groups in total. The number of anilines is 1. The summed E-state index contributed by atoms with van der Waals surface area (Å²) >= 11 is 0. The summed E-state index contributed by atoms with van der Waals surface area (Å²) in [6.07, 6.45) is 1.50. The van der Waals surface area contributed by atoms with Crippen molar-refractivity contribution in [1.29, 1.82) is 0 Å². The molecule has 7 heteroatoms. The zero-order valence-electron chi connectivity index (χ0n) is 15.3. The second kappa shape index (κ2) is 10.4. The van der Waals surface area contributed by atoms with Crippen LogP contribution in [-0.4, -0.2) is 38.7 Å². The number of rotatable bonds is 5. The first kappa shape index (κ1) is 21.4. The van der Waals surface area contributed by atoms with Crippen LogP contribution in [0.25, 0.3) is 0 Å². The highest BCUT2D eigenvalue weighted by atomic mass is 127. The van der Waals surface area contributed by atoms with Crippen molar-refractivity contribution >= 4 is 35.6 Å². The summed E-state index contributed by atoms with van der Waals surface area (Å²) in [4.78, 5) is 6.59. The van der Waals surface area contributed by atoms with Crippen molar-refractivity contribution in [3.63, 3.8) is 0 Å². The van der Waals surface area contributed by atoms with Crippen LogP contribution in [0.4, 0.5) is 14.5 Å². The van der Waals surface area contributed by atoms with Gasteiger partial charge in [-0.1, -0.05) is 24.3 Å². The van der Waals surface area contributed by atoms with Gasteiger partial charge in [0.2, 0.25) is 0 Å². The van der Waals surface area contributed by atoms with Gasteiger partial charge in [0.25, 0.3) is 0 Å². The van der Waals surface area contributed by atoms with Crippen molar-refractivity contribution in [2.24, 2.45) is 4.99 Å². The van der Waals surface area contributed by atoms with E-state index in [-0.39, 0.29) is 24.0 Å². The van der Waals surface area contributed by atoms with E-state index in [2.05, 4.69) is 32.7 Å². The Bertz CT molecular complexity index is 755. The second-order valence-electron chi connectivity index (χ2n) is 6.40. The van der Waals surface area contributed by atoms with Gasteiger partial charge < -0.3 is 15.5 Å². The molecule has 1 aliphatic rings. The predicted octanol–water partition coefficient (Wildman–Crippen LogP) is 3.57. The van der Waals surface area contributed by atoms with Crippen LogP contribution in [0.15, 0.2) is 53.5 Å². The second-order valence-corrected chi connectivity index (χ2v) is 6.40. The minimum Gasteiger partial charge on any atom is -0.369 e. The number of aliphatic imine (C=N–C) groups is 1. The third-order valence-electron chi connectivity index (χ3n) is 4.58. The maximum atomic E-state index is 13.7. The molecule has 1 saturated heterocycles. The average Bonchev–Trinajstić information content (AvgIpc) is 3.12. The van der Waals surface area contributed by atoms with Crippen molar-refractivity contribution in [1.82, 2.24) is 10.6 Å². The molecule has 27 heavy (non-hydrogen) atoms. The molecule has 2 aromatic rings. The van der Waals surface area contributed by atoms with Crippen molar-refractivity contribution in [3.05, 3.63) is 65.7 Å². The number of nitrogens with one attached hydrogen (secondary N) is 2. The molecule has 1 atom stereocenters. The highest BCUT2D eigenvalue weighted by molar-refractivity contribution is 14.0. The van der Waals surface area contributed by atoms with Gasteiger partial charge >= 0.3 is 0 Å². The minimum absolute atomic E-state index is 0. The van der Waals surface area contributed by atoms with Crippen LogP contribution in [0.1, 0.15) is 12.0 Å². The lowest BCUT2D eigenvalue weighted by Crippen LogP contribution is -2.45. The van der Waals surface area contributed by atoms with E-state index in [0.717, 1.165) is 25.6 Å². The largest absolute Gasteiger partial charge is 0.369 e. The molecule has 0 aliphatic carbocycles. The van der Waals surface area contributed by atoms with Gasteiger partial charge in [0, 0.05) is 44.5 Å². The van der Waals surface area contributed by atoms with Crippen molar-refractivity contribution in [3.8, 4) is 0 Å². The van der Waals surface area contributed by atoms with E-state index in [4.69, 9.17) is 0 Å². The number of guanidine groups is 1. The van der Waals surface area contributed by atoms with Gasteiger partial charge in [-0.25, -0.2) is 8.78 Å². The van der Waals surface area contributed by atoms with Gasteiger partial charge in [-0.05, 0) is 36.6 Å². The first-order valence-electron chi connectivity index (χ1n) is 8.87. The molecule has 0 aromatic heterocycles. The molecule has 1 heterocycles. The van der Waals surface area contributed by atoms with Crippen LogP contribution >= 0.6 is 24.0 Å². The SMILES string of the molecule is CN=C(NCCc1ccc(F)cc1F)NC1CCN(c2ccccc2)C1.I. The molecule has 3 rings (SSSR count). The van der Waals surface area contributed by atoms with Crippen LogP contribution < -0.4 is 15.5 Å². The lowest BCUT2D eigenvalue weighted by molar-refractivity contribution is 0.570. The van der Waals surface area contributed by atoms with Gasteiger partial charge in [-0.2, -0.15) is 0 Å². The summed E-state index contributed by atoms with van der Waals surface area (Å²) in [6.45, 7) is 2.44. The zero-order chi connectivity index (χ0) is 18.4. The Hall–Kier alpha value is -1.90. The molecule has 1 unspecified atom stereocenters. The molecule has 146 valence electrons. The smallest absolute Gasteiger partial charge is 0.191 e. The fraction of sp³-hybridized carbons (Fsp3) is 0.350. The normalized spacial score (nSPS) is 16.8. The van der Waals surface area contributed by atoms with E-state index < -0.39 is 11.6 Å². The van der Waals surface area contributed by atoms with Gasteiger partial charge in [0.15, 0.2) is 5.96 Å². The third kappa shape index (κ3) is 6.05. The van der Waals surface area contributed by atoms with Gasteiger partial charge in [-0.15, -0.1) is 24.0 Å². The molecular formula is C20H25F2IN4. The first-order chi connectivity index (χ1) is 12.7. The fourth-order valence-electron chi connectivity index (χ4n) is 3.18. The van der Waals surface area contributed by atoms with E-state index >= 15 is 0 Å². The number of halogens is 3. The van der Waals surface area contributed by atoms with E-state index in [1.807, 2.05) is 18.2 Å². The number of benzene rings is 2. The van der Waals surface area contributed by atoms with Crippen LogP contribution in [0.3, 0.4) is 0 Å². The number of para-hydroxylation sites is 1. The first-order valence-corrected chi connectivity index (χ1v) is 8.87. The molecular weight excluding hydrogens is 461 g/mol. The third-order valence-corrected chi connectivity index (χ3v) is 4.58. The van der Waals surface area contributed by atoms with Crippen molar-refractivity contribution in [2.75, 3.05) is 31.6 Å². The molecule has 0 saturated carbocycles. The van der Waals surface area contributed by atoms with Crippen LogP contribution in [0.2, 0.25) is 0 Å². The summed E-state index contributed by atoms with van der Waals surface area (Å²) in [5.41, 5.74) is 1.72. The number of nitrogens with zero attached hydrogens (tertiary/aromatic N) is 2. The van der Waals surface area contributed by atoms with Crippen molar-refractivity contribution in [2.45, 2.75) is 18.9 Å².